The first-order valence-corrected chi connectivity index (χ1v) is 8.70. The molecule has 0 aliphatic rings. The van der Waals surface area contributed by atoms with Crippen LogP contribution >= 0.6 is 0 Å². The highest BCUT2D eigenvalue weighted by atomic mass is 32.2. The number of nitrogens with zero attached hydrogens (tertiary/aromatic N) is 2. The van der Waals surface area contributed by atoms with Crippen LogP contribution < -0.4 is 10.0 Å². The van der Waals surface area contributed by atoms with Gasteiger partial charge in [-0.25, -0.2) is 18.1 Å². The van der Waals surface area contributed by atoms with Crippen LogP contribution in [0.25, 0.3) is 0 Å². The number of amides is 1. The average molecular weight is 336 g/mol. The van der Waals surface area contributed by atoms with Crippen molar-refractivity contribution in [3.8, 4) is 0 Å². The van der Waals surface area contributed by atoms with E-state index in [1.165, 1.54) is 19.2 Å². The molecule has 0 saturated carbocycles. The van der Waals surface area contributed by atoms with Crippen LogP contribution in [0.4, 0.5) is 0 Å². The summed E-state index contributed by atoms with van der Waals surface area (Å²) >= 11 is 0. The monoisotopic (exact) mass is 336 g/mol. The Morgan fingerprint density at radius 1 is 1.35 bits per heavy atom. The summed E-state index contributed by atoms with van der Waals surface area (Å²) in [5.74, 6) is -0.277. The van der Waals surface area contributed by atoms with Gasteiger partial charge in [0.15, 0.2) is 0 Å². The number of aromatic nitrogens is 2. The first-order chi connectivity index (χ1) is 10.9. The molecular formula is C15H20N4O3S. The molecule has 0 aliphatic heterocycles. The summed E-state index contributed by atoms with van der Waals surface area (Å²) in [6, 6.07) is 4.51. The Bertz CT molecular complexity index is 770. The molecule has 2 aromatic rings. The Balaban J connectivity index is 1.99. The largest absolute Gasteiger partial charge is 0.352 e. The number of nitrogens with one attached hydrogen (secondary N) is 2. The van der Waals surface area contributed by atoms with Crippen LogP contribution in [0.2, 0.25) is 0 Å². The van der Waals surface area contributed by atoms with E-state index in [9.17, 15) is 13.2 Å². The van der Waals surface area contributed by atoms with Crippen molar-refractivity contribution in [3.05, 3.63) is 48.0 Å². The van der Waals surface area contributed by atoms with Crippen LogP contribution in [0.1, 0.15) is 22.3 Å². The number of sulfonamides is 1. The summed E-state index contributed by atoms with van der Waals surface area (Å²) in [5.41, 5.74) is 1.09. The summed E-state index contributed by atoms with van der Waals surface area (Å²) in [6.07, 6.45) is 6.04. The molecule has 0 bridgehead atoms. The highest BCUT2D eigenvalue weighted by Gasteiger charge is 2.16. The molecule has 0 saturated heterocycles. The lowest BCUT2D eigenvalue weighted by molar-refractivity contribution is 0.0952. The molecule has 23 heavy (non-hydrogen) atoms. The van der Waals surface area contributed by atoms with Gasteiger partial charge in [0.05, 0.1) is 11.2 Å². The van der Waals surface area contributed by atoms with Crippen LogP contribution in [-0.2, 0) is 16.6 Å². The summed E-state index contributed by atoms with van der Waals surface area (Å²) in [4.78, 5) is 16.3. The van der Waals surface area contributed by atoms with Gasteiger partial charge in [-0.05, 0) is 38.1 Å². The fourth-order valence-corrected chi connectivity index (χ4v) is 2.86. The van der Waals surface area contributed by atoms with E-state index in [0.717, 1.165) is 18.5 Å². The Morgan fingerprint density at radius 3 is 2.78 bits per heavy atom. The van der Waals surface area contributed by atoms with Gasteiger partial charge < -0.3 is 9.88 Å². The van der Waals surface area contributed by atoms with Crippen LogP contribution in [-0.4, -0.2) is 37.5 Å². The van der Waals surface area contributed by atoms with Gasteiger partial charge in [0.25, 0.3) is 5.91 Å². The van der Waals surface area contributed by atoms with Crippen molar-refractivity contribution in [2.24, 2.45) is 0 Å². The van der Waals surface area contributed by atoms with Crippen molar-refractivity contribution < 1.29 is 13.2 Å². The zero-order chi connectivity index (χ0) is 16.9. The van der Waals surface area contributed by atoms with E-state index < -0.39 is 10.0 Å². The van der Waals surface area contributed by atoms with Crippen molar-refractivity contribution in [2.45, 2.75) is 24.8 Å². The molecule has 7 nitrogen and oxygen atoms in total. The minimum absolute atomic E-state index is 0.0779. The molecule has 0 fully saturated rings. The molecule has 0 radical (unpaired) electrons. The van der Waals surface area contributed by atoms with E-state index in [2.05, 4.69) is 15.0 Å². The molecule has 0 unspecified atom stereocenters. The number of carbonyl (C=O) groups excluding carboxylic acids is 1. The summed E-state index contributed by atoms with van der Waals surface area (Å²) in [7, 11) is -2.23. The topological polar surface area (TPSA) is 93.1 Å². The lowest BCUT2D eigenvalue weighted by Crippen LogP contribution is -2.26. The van der Waals surface area contributed by atoms with Crippen LogP contribution in [0.5, 0.6) is 0 Å². The molecule has 0 atom stereocenters. The average Bonchev–Trinajstić information content (AvgIpc) is 3.05. The Labute approximate surface area is 135 Å². The second kappa shape index (κ2) is 7.38. The van der Waals surface area contributed by atoms with Gasteiger partial charge in [-0.15, -0.1) is 0 Å². The maximum absolute atomic E-state index is 12.2. The molecule has 0 spiro atoms. The molecule has 2 N–H and O–H groups in total. The van der Waals surface area contributed by atoms with Crippen molar-refractivity contribution in [1.82, 2.24) is 19.6 Å². The van der Waals surface area contributed by atoms with E-state index in [1.807, 2.05) is 10.8 Å². The number of aryl methyl sites for hydroxylation is 2. The number of rotatable bonds is 7. The van der Waals surface area contributed by atoms with Gasteiger partial charge in [0.2, 0.25) is 10.0 Å². The van der Waals surface area contributed by atoms with Gasteiger partial charge in [0.1, 0.15) is 0 Å². The normalized spacial score (nSPS) is 11.4. The number of carbonyl (C=O) groups is 1. The second-order valence-electron chi connectivity index (χ2n) is 5.09. The number of imidazole rings is 1. The molecule has 0 aliphatic carbocycles. The van der Waals surface area contributed by atoms with Gasteiger partial charge in [0, 0.05) is 31.0 Å². The Hall–Kier alpha value is -2.19. The third kappa shape index (κ3) is 4.40. The zero-order valence-corrected chi connectivity index (χ0v) is 13.9. The fourth-order valence-electron chi connectivity index (χ4n) is 2.11. The second-order valence-corrected chi connectivity index (χ2v) is 6.98. The quantitative estimate of drug-likeness (QED) is 0.735. The van der Waals surface area contributed by atoms with E-state index in [4.69, 9.17) is 0 Å². The van der Waals surface area contributed by atoms with Gasteiger partial charge in [-0.2, -0.15) is 0 Å². The van der Waals surface area contributed by atoms with Gasteiger partial charge in [-0.3, -0.25) is 4.79 Å². The van der Waals surface area contributed by atoms with Crippen LogP contribution in [0.3, 0.4) is 0 Å². The molecule has 2 rings (SSSR count). The number of benzene rings is 1. The van der Waals surface area contributed by atoms with E-state index in [0.29, 0.717) is 12.1 Å². The third-order valence-corrected chi connectivity index (χ3v) is 4.88. The van der Waals surface area contributed by atoms with Crippen molar-refractivity contribution in [1.29, 1.82) is 0 Å². The molecule has 8 heteroatoms. The zero-order valence-electron chi connectivity index (χ0n) is 13.1. The highest BCUT2D eigenvalue weighted by Crippen LogP contribution is 2.15. The van der Waals surface area contributed by atoms with Crippen LogP contribution in [0.15, 0.2) is 41.8 Å². The van der Waals surface area contributed by atoms with E-state index >= 15 is 0 Å². The predicted molar refractivity (Wildman–Crippen MR) is 86.6 cm³/mol. The maximum Gasteiger partial charge on any atom is 0.251 e. The minimum Gasteiger partial charge on any atom is -0.352 e. The predicted octanol–water partition coefficient (Wildman–Crippen LogP) is 0.920. The molecular weight excluding hydrogens is 316 g/mol. The Kier molecular flexibility index (Phi) is 5.51. The molecule has 124 valence electrons. The first-order valence-electron chi connectivity index (χ1n) is 7.22. The van der Waals surface area contributed by atoms with E-state index in [-0.39, 0.29) is 10.8 Å². The lowest BCUT2D eigenvalue weighted by Gasteiger charge is -2.10. The third-order valence-electron chi connectivity index (χ3n) is 3.47. The van der Waals surface area contributed by atoms with Crippen molar-refractivity contribution in [2.75, 3.05) is 13.6 Å². The van der Waals surface area contributed by atoms with Gasteiger partial charge >= 0.3 is 0 Å². The van der Waals surface area contributed by atoms with Crippen molar-refractivity contribution in [3.63, 3.8) is 0 Å². The van der Waals surface area contributed by atoms with Crippen molar-refractivity contribution >= 4 is 15.9 Å². The van der Waals surface area contributed by atoms with Crippen LogP contribution in [0, 0.1) is 6.92 Å². The molecule has 1 aromatic carbocycles. The Morgan fingerprint density at radius 2 is 2.13 bits per heavy atom. The number of hydrogen-bond donors (Lipinski definition) is 2. The lowest BCUT2D eigenvalue weighted by atomic mass is 10.1. The molecule has 1 amide bonds. The summed E-state index contributed by atoms with van der Waals surface area (Å²) in [6.45, 7) is 3.03. The fraction of sp³-hybridized carbons (Fsp3) is 0.333. The minimum atomic E-state index is -3.57. The number of hydrogen-bond acceptors (Lipinski definition) is 4. The summed E-state index contributed by atoms with van der Waals surface area (Å²) < 4.78 is 27.8. The maximum atomic E-state index is 12.2. The highest BCUT2D eigenvalue weighted by molar-refractivity contribution is 7.89. The SMILES string of the molecule is CNS(=O)(=O)c1ccc(C)c(C(=O)NCCCn2ccnc2)c1. The first kappa shape index (κ1) is 17.2. The van der Waals surface area contributed by atoms with E-state index in [1.54, 1.807) is 25.5 Å². The molecule has 1 aromatic heterocycles. The molecule has 1 heterocycles. The standard InChI is InChI=1S/C15H20N4O3S/c1-12-4-5-13(23(21,22)16-2)10-14(12)15(20)18-6-3-8-19-9-7-17-11-19/h4-5,7,9-11,16H,3,6,8H2,1-2H3,(H,18,20). The van der Waals surface area contributed by atoms with Gasteiger partial charge in [-0.1, -0.05) is 6.07 Å². The summed E-state index contributed by atoms with van der Waals surface area (Å²) in [5, 5.41) is 2.81. The smallest absolute Gasteiger partial charge is 0.251 e.